The lowest BCUT2D eigenvalue weighted by Crippen LogP contribution is -2.51. The van der Waals surface area contributed by atoms with Gasteiger partial charge in [0.05, 0.1) is 22.9 Å². The van der Waals surface area contributed by atoms with Crippen LogP contribution in [0.3, 0.4) is 0 Å². The minimum atomic E-state index is -1.03. The number of para-hydroxylation sites is 1. The van der Waals surface area contributed by atoms with Crippen molar-refractivity contribution < 1.29 is 9.59 Å². The maximum absolute atomic E-state index is 13.9. The summed E-state index contributed by atoms with van der Waals surface area (Å²) in [5.74, 6) is -0.196. The second-order valence-corrected chi connectivity index (χ2v) is 10.2. The molecule has 1 fully saturated rings. The van der Waals surface area contributed by atoms with Crippen LogP contribution in [0.2, 0.25) is 0 Å². The third kappa shape index (κ3) is 4.70. The fourth-order valence-corrected chi connectivity index (χ4v) is 5.68. The quantitative estimate of drug-likeness (QED) is 0.357. The predicted molar refractivity (Wildman–Crippen MR) is 139 cm³/mol. The average Bonchev–Trinajstić information content (AvgIpc) is 3.40. The van der Waals surface area contributed by atoms with Crippen molar-refractivity contribution in [3.8, 4) is 0 Å². The molecular weight excluding hydrogens is 456 g/mol. The van der Waals surface area contributed by atoms with Crippen molar-refractivity contribution in [1.82, 2.24) is 20.1 Å². The van der Waals surface area contributed by atoms with Crippen LogP contribution >= 0.6 is 11.3 Å². The van der Waals surface area contributed by atoms with E-state index in [1.54, 1.807) is 11.3 Å². The molecule has 7 heteroatoms. The van der Waals surface area contributed by atoms with Gasteiger partial charge in [-0.3, -0.25) is 9.69 Å². The molecule has 3 amide bonds. The molecule has 4 aromatic rings. The van der Waals surface area contributed by atoms with Crippen LogP contribution < -0.4 is 5.32 Å². The molecule has 1 atom stereocenters. The maximum atomic E-state index is 13.9. The number of amides is 3. The SMILES string of the molecule is C[C@H](c1nc2ccccc2s1)N(C)CN1C(=O)NC(Cc2ccccc2)(Cc2ccccc2)C1=O. The van der Waals surface area contributed by atoms with Crippen molar-refractivity contribution in [1.29, 1.82) is 0 Å². The van der Waals surface area contributed by atoms with E-state index in [1.165, 1.54) is 4.90 Å². The van der Waals surface area contributed by atoms with Gasteiger partial charge < -0.3 is 5.32 Å². The summed E-state index contributed by atoms with van der Waals surface area (Å²) < 4.78 is 1.13. The van der Waals surface area contributed by atoms with Gasteiger partial charge in [-0.25, -0.2) is 14.7 Å². The number of carbonyl (C=O) groups excluding carboxylic acids is 2. The second kappa shape index (κ2) is 9.60. The van der Waals surface area contributed by atoms with Gasteiger partial charge >= 0.3 is 6.03 Å². The molecule has 178 valence electrons. The Bertz CT molecular complexity index is 1260. The first kappa shape index (κ1) is 23.2. The highest BCUT2D eigenvalue weighted by Crippen LogP contribution is 2.31. The Kier molecular flexibility index (Phi) is 6.36. The number of hydrogen-bond donors (Lipinski definition) is 1. The summed E-state index contributed by atoms with van der Waals surface area (Å²) in [6.45, 7) is 2.24. The summed E-state index contributed by atoms with van der Waals surface area (Å²) in [4.78, 5) is 35.2. The molecule has 1 N–H and O–H groups in total. The van der Waals surface area contributed by atoms with Gasteiger partial charge in [-0.15, -0.1) is 11.3 Å². The molecule has 2 heterocycles. The number of nitrogens with zero attached hydrogens (tertiary/aromatic N) is 3. The van der Waals surface area contributed by atoms with Gasteiger partial charge in [0, 0.05) is 12.8 Å². The Morgan fingerprint density at radius 2 is 1.49 bits per heavy atom. The normalized spacial score (nSPS) is 16.1. The predicted octanol–water partition coefficient (Wildman–Crippen LogP) is 5.02. The first-order valence-corrected chi connectivity index (χ1v) is 12.5. The van der Waals surface area contributed by atoms with Crippen molar-refractivity contribution >= 4 is 33.5 Å². The molecule has 1 aromatic heterocycles. The highest BCUT2D eigenvalue weighted by atomic mass is 32.1. The van der Waals surface area contributed by atoms with Crippen molar-refractivity contribution in [3.63, 3.8) is 0 Å². The minimum Gasteiger partial charge on any atom is -0.322 e. The summed E-state index contributed by atoms with van der Waals surface area (Å²) in [6.07, 6.45) is 0.863. The van der Waals surface area contributed by atoms with Crippen LogP contribution in [0.4, 0.5) is 4.79 Å². The Morgan fingerprint density at radius 3 is 2.09 bits per heavy atom. The van der Waals surface area contributed by atoms with Crippen molar-refractivity contribution in [2.45, 2.75) is 31.3 Å². The van der Waals surface area contributed by atoms with Gasteiger partial charge in [-0.1, -0.05) is 72.8 Å². The fraction of sp³-hybridized carbons (Fsp3) is 0.250. The lowest BCUT2D eigenvalue weighted by molar-refractivity contribution is -0.132. The first-order chi connectivity index (χ1) is 16.9. The van der Waals surface area contributed by atoms with Crippen LogP contribution in [0.25, 0.3) is 10.2 Å². The van der Waals surface area contributed by atoms with Crippen LogP contribution in [0, 0.1) is 0 Å². The summed E-state index contributed by atoms with van der Waals surface area (Å²) >= 11 is 1.64. The third-order valence-electron chi connectivity index (χ3n) is 6.64. The largest absolute Gasteiger partial charge is 0.326 e. The summed E-state index contributed by atoms with van der Waals surface area (Å²) in [6, 6.07) is 27.3. The monoisotopic (exact) mass is 484 g/mol. The molecule has 1 aliphatic rings. The molecule has 0 unspecified atom stereocenters. The van der Waals surface area contributed by atoms with E-state index >= 15 is 0 Å². The van der Waals surface area contributed by atoms with E-state index in [1.807, 2.05) is 90.8 Å². The lowest BCUT2D eigenvalue weighted by atomic mass is 9.84. The maximum Gasteiger partial charge on any atom is 0.326 e. The number of hydrogen-bond acceptors (Lipinski definition) is 5. The zero-order valence-electron chi connectivity index (χ0n) is 19.8. The number of rotatable bonds is 8. The second-order valence-electron chi connectivity index (χ2n) is 9.16. The van der Waals surface area contributed by atoms with Gasteiger partial charge in [0.1, 0.15) is 10.5 Å². The van der Waals surface area contributed by atoms with Crippen LogP contribution in [-0.4, -0.2) is 46.0 Å². The fourth-order valence-electron chi connectivity index (χ4n) is 4.60. The van der Waals surface area contributed by atoms with E-state index < -0.39 is 5.54 Å². The molecule has 1 saturated heterocycles. The number of carbonyl (C=O) groups is 2. The van der Waals surface area contributed by atoms with E-state index in [-0.39, 0.29) is 24.6 Å². The molecule has 6 nitrogen and oxygen atoms in total. The Morgan fingerprint density at radius 1 is 0.914 bits per heavy atom. The molecule has 0 bridgehead atoms. The van der Waals surface area contributed by atoms with E-state index in [4.69, 9.17) is 4.98 Å². The van der Waals surface area contributed by atoms with Crippen molar-refractivity contribution in [2.24, 2.45) is 0 Å². The minimum absolute atomic E-state index is 0.0498. The van der Waals surface area contributed by atoms with Crippen LogP contribution in [-0.2, 0) is 17.6 Å². The molecule has 3 aromatic carbocycles. The van der Waals surface area contributed by atoms with E-state index in [9.17, 15) is 9.59 Å². The molecule has 0 spiro atoms. The number of aromatic nitrogens is 1. The van der Waals surface area contributed by atoms with Crippen LogP contribution in [0.15, 0.2) is 84.9 Å². The van der Waals surface area contributed by atoms with Gasteiger partial charge in [0.15, 0.2) is 0 Å². The topological polar surface area (TPSA) is 65.5 Å². The zero-order chi connectivity index (χ0) is 24.4. The highest BCUT2D eigenvalue weighted by Gasteiger charge is 2.51. The molecule has 35 heavy (non-hydrogen) atoms. The average molecular weight is 485 g/mol. The van der Waals surface area contributed by atoms with Crippen LogP contribution in [0.5, 0.6) is 0 Å². The Hall–Kier alpha value is -3.55. The summed E-state index contributed by atoms with van der Waals surface area (Å²) in [5.41, 5.74) is 1.96. The molecular formula is C28H28N4O2S. The number of nitrogens with one attached hydrogen (secondary N) is 1. The van der Waals surface area contributed by atoms with Gasteiger partial charge in [-0.2, -0.15) is 0 Å². The Labute approximate surface area is 209 Å². The van der Waals surface area contributed by atoms with Gasteiger partial charge in [0.2, 0.25) is 0 Å². The van der Waals surface area contributed by atoms with Crippen molar-refractivity contribution in [3.05, 3.63) is 101 Å². The summed E-state index contributed by atoms with van der Waals surface area (Å²) in [7, 11) is 1.92. The third-order valence-corrected chi connectivity index (χ3v) is 7.84. The number of benzene rings is 3. The van der Waals surface area contributed by atoms with Gasteiger partial charge in [-0.05, 0) is 37.2 Å². The van der Waals surface area contributed by atoms with E-state index in [0.717, 1.165) is 26.4 Å². The number of thiazole rings is 1. The number of fused-ring (bicyclic) bond motifs is 1. The number of urea groups is 1. The smallest absolute Gasteiger partial charge is 0.322 e. The molecule has 0 saturated carbocycles. The Balaban J connectivity index is 1.39. The molecule has 0 radical (unpaired) electrons. The molecule has 1 aliphatic heterocycles. The lowest BCUT2D eigenvalue weighted by Gasteiger charge is -2.29. The van der Waals surface area contributed by atoms with Crippen molar-refractivity contribution in [2.75, 3.05) is 13.7 Å². The van der Waals surface area contributed by atoms with Gasteiger partial charge in [0.25, 0.3) is 5.91 Å². The van der Waals surface area contributed by atoms with E-state index in [0.29, 0.717) is 12.8 Å². The summed E-state index contributed by atoms with van der Waals surface area (Å²) in [5, 5.41) is 4.03. The first-order valence-electron chi connectivity index (χ1n) is 11.7. The number of imide groups is 1. The highest BCUT2D eigenvalue weighted by molar-refractivity contribution is 7.18. The van der Waals surface area contributed by atoms with Crippen LogP contribution in [0.1, 0.15) is 29.1 Å². The molecule has 5 rings (SSSR count). The van der Waals surface area contributed by atoms with E-state index in [2.05, 4.69) is 18.3 Å². The molecule has 0 aliphatic carbocycles. The zero-order valence-corrected chi connectivity index (χ0v) is 20.7. The standard InChI is InChI=1S/C28H28N4O2S/c1-20(25-29-23-15-9-10-16-24(23)35-25)31(2)19-32-26(33)28(30-27(32)34,17-21-11-5-3-6-12-21)18-22-13-7-4-8-14-22/h3-16,20H,17-19H2,1-2H3,(H,30,34)/t20-/m1/s1.